The predicted octanol–water partition coefficient (Wildman–Crippen LogP) is 7.28. The van der Waals surface area contributed by atoms with E-state index in [2.05, 4.69) is 48.0 Å². The maximum Gasteiger partial charge on any atom is 0.185 e. The third kappa shape index (κ3) is 6.48. The Balaban J connectivity index is 1.36. The van der Waals surface area contributed by atoms with Crippen LogP contribution in [0.2, 0.25) is 0 Å². The Kier molecular flexibility index (Phi) is 8.79. The number of phenols is 1. The van der Waals surface area contributed by atoms with Gasteiger partial charge in [0, 0.05) is 41.0 Å². The lowest BCUT2D eigenvalue weighted by Gasteiger charge is -2.27. The standard InChI is InChI=1S/C31H37N3O3/c1-4-23(20-32)16-19-36-25-12-10-24(11-13-25)34(21-22(2)3)17-7-18-37-31-29(35)15-14-27-26-8-5-6-9-28(26)33-30(27)31/h5-6,8-15,22-23,33,35H,4,7,16-19,21H2,1-3H3. The second-order valence-electron chi connectivity index (χ2n) is 9.91. The summed E-state index contributed by atoms with van der Waals surface area (Å²) in [6, 6.07) is 22.3. The van der Waals surface area contributed by atoms with Crippen LogP contribution in [0.5, 0.6) is 17.2 Å². The summed E-state index contributed by atoms with van der Waals surface area (Å²) in [6.45, 7) is 9.28. The molecule has 0 amide bonds. The van der Waals surface area contributed by atoms with Crippen molar-refractivity contribution in [3.8, 4) is 23.3 Å². The largest absolute Gasteiger partial charge is 0.504 e. The van der Waals surface area contributed by atoms with Crippen LogP contribution in [0.25, 0.3) is 21.8 Å². The van der Waals surface area contributed by atoms with Gasteiger partial charge in [0.15, 0.2) is 11.5 Å². The van der Waals surface area contributed by atoms with E-state index in [9.17, 15) is 5.11 Å². The minimum atomic E-state index is 0.0491. The fourth-order valence-electron chi connectivity index (χ4n) is 4.66. The topological polar surface area (TPSA) is 81.5 Å². The lowest BCUT2D eigenvalue weighted by molar-refractivity contribution is 0.291. The molecule has 0 spiro atoms. The van der Waals surface area contributed by atoms with Gasteiger partial charge in [0.1, 0.15) is 5.75 Å². The number of nitrogens with one attached hydrogen (secondary N) is 1. The van der Waals surface area contributed by atoms with Crippen LogP contribution in [0.3, 0.4) is 0 Å². The van der Waals surface area contributed by atoms with Gasteiger partial charge in [0.05, 0.1) is 24.8 Å². The summed E-state index contributed by atoms with van der Waals surface area (Å²) in [4.78, 5) is 5.76. The van der Waals surface area contributed by atoms with E-state index >= 15 is 0 Å². The smallest absolute Gasteiger partial charge is 0.185 e. The molecule has 2 N–H and O–H groups in total. The summed E-state index contributed by atoms with van der Waals surface area (Å²) >= 11 is 0. The van der Waals surface area contributed by atoms with Gasteiger partial charge in [0.25, 0.3) is 0 Å². The van der Waals surface area contributed by atoms with Gasteiger partial charge >= 0.3 is 0 Å². The number of nitriles is 1. The highest BCUT2D eigenvalue weighted by Crippen LogP contribution is 2.38. The van der Waals surface area contributed by atoms with Crippen LogP contribution in [-0.2, 0) is 0 Å². The summed E-state index contributed by atoms with van der Waals surface area (Å²) in [5, 5.41) is 21.8. The van der Waals surface area contributed by atoms with Crippen molar-refractivity contribution in [2.45, 2.75) is 40.0 Å². The molecular formula is C31H37N3O3. The molecule has 37 heavy (non-hydrogen) atoms. The Morgan fingerprint density at radius 1 is 0.973 bits per heavy atom. The highest BCUT2D eigenvalue weighted by molar-refractivity contribution is 6.09. The molecular weight excluding hydrogens is 462 g/mol. The highest BCUT2D eigenvalue weighted by Gasteiger charge is 2.14. The van der Waals surface area contributed by atoms with E-state index in [1.165, 1.54) is 0 Å². The molecule has 0 aliphatic carbocycles. The number of nitrogens with zero attached hydrogens (tertiary/aromatic N) is 2. The number of aromatic hydroxyl groups is 1. The summed E-state index contributed by atoms with van der Waals surface area (Å²) < 4.78 is 12.0. The number of aromatic amines is 1. The SMILES string of the molecule is CCC(C#N)CCOc1ccc(N(CCCOc2c(O)ccc3c2[nH]c2ccccc23)CC(C)C)cc1. The number of hydrogen-bond acceptors (Lipinski definition) is 5. The Morgan fingerprint density at radius 2 is 1.76 bits per heavy atom. The summed E-state index contributed by atoms with van der Waals surface area (Å²) in [6.07, 6.45) is 2.41. The number of anilines is 1. The van der Waals surface area contributed by atoms with E-state index in [-0.39, 0.29) is 11.7 Å². The summed E-state index contributed by atoms with van der Waals surface area (Å²) in [7, 11) is 0. The van der Waals surface area contributed by atoms with Crippen LogP contribution in [0.1, 0.15) is 40.0 Å². The van der Waals surface area contributed by atoms with E-state index in [0.717, 1.165) is 65.6 Å². The fourth-order valence-corrected chi connectivity index (χ4v) is 4.66. The average Bonchev–Trinajstić information content (AvgIpc) is 3.28. The first-order valence-corrected chi connectivity index (χ1v) is 13.2. The third-order valence-corrected chi connectivity index (χ3v) is 6.63. The lowest BCUT2D eigenvalue weighted by Crippen LogP contribution is -2.29. The number of H-pyrrole nitrogens is 1. The van der Waals surface area contributed by atoms with Gasteiger partial charge in [0.2, 0.25) is 0 Å². The van der Waals surface area contributed by atoms with Gasteiger partial charge in [-0.1, -0.05) is 39.0 Å². The molecule has 1 aromatic heterocycles. The Bertz CT molecular complexity index is 1340. The molecule has 0 saturated carbocycles. The van der Waals surface area contributed by atoms with Crippen LogP contribution >= 0.6 is 0 Å². The molecule has 0 radical (unpaired) electrons. The number of hydrogen-bond donors (Lipinski definition) is 2. The molecule has 0 saturated heterocycles. The lowest BCUT2D eigenvalue weighted by atomic mass is 10.1. The molecule has 0 aliphatic rings. The summed E-state index contributed by atoms with van der Waals surface area (Å²) in [5.74, 6) is 2.04. The second kappa shape index (κ2) is 12.4. The zero-order chi connectivity index (χ0) is 26.2. The van der Waals surface area contributed by atoms with E-state index < -0.39 is 0 Å². The molecule has 0 aliphatic heterocycles. The first-order chi connectivity index (χ1) is 18.0. The molecule has 1 atom stereocenters. The van der Waals surface area contributed by atoms with E-state index in [1.54, 1.807) is 6.07 Å². The van der Waals surface area contributed by atoms with Crippen LogP contribution in [0.4, 0.5) is 5.69 Å². The van der Waals surface area contributed by atoms with Gasteiger partial charge in [-0.15, -0.1) is 0 Å². The number of rotatable bonds is 13. The summed E-state index contributed by atoms with van der Waals surface area (Å²) in [5.41, 5.74) is 3.00. The predicted molar refractivity (Wildman–Crippen MR) is 151 cm³/mol. The second-order valence-corrected chi connectivity index (χ2v) is 9.91. The van der Waals surface area contributed by atoms with Crippen molar-refractivity contribution in [2.75, 3.05) is 31.2 Å². The quantitative estimate of drug-likeness (QED) is 0.189. The number of fused-ring (bicyclic) bond motifs is 3. The van der Waals surface area contributed by atoms with Gasteiger partial charge in [-0.3, -0.25) is 0 Å². The Labute approximate surface area is 219 Å². The molecule has 1 unspecified atom stereocenters. The number of benzene rings is 3. The molecule has 4 aromatic rings. The Hall–Kier alpha value is -3.85. The minimum Gasteiger partial charge on any atom is -0.504 e. The third-order valence-electron chi connectivity index (χ3n) is 6.63. The molecule has 194 valence electrons. The minimum absolute atomic E-state index is 0.0491. The van der Waals surface area contributed by atoms with Crippen molar-refractivity contribution < 1.29 is 14.6 Å². The van der Waals surface area contributed by atoms with Crippen LogP contribution in [0, 0.1) is 23.2 Å². The van der Waals surface area contributed by atoms with E-state index in [0.29, 0.717) is 24.9 Å². The van der Waals surface area contributed by atoms with Crippen molar-refractivity contribution in [3.05, 3.63) is 60.7 Å². The Morgan fingerprint density at radius 3 is 2.49 bits per heavy atom. The maximum atomic E-state index is 10.5. The average molecular weight is 500 g/mol. The number of para-hydroxylation sites is 1. The first-order valence-electron chi connectivity index (χ1n) is 13.2. The van der Waals surface area contributed by atoms with Gasteiger partial charge in [-0.05, 0) is 67.6 Å². The molecule has 1 heterocycles. The van der Waals surface area contributed by atoms with Crippen molar-refractivity contribution in [1.82, 2.24) is 4.98 Å². The van der Waals surface area contributed by atoms with E-state index in [4.69, 9.17) is 14.7 Å². The zero-order valence-corrected chi connectivity index (χ0v) is 22.0. The van der Waals surface area contributed by atoms with Crippen LogP contribution < -0.4 is 14.4 Å². The number of ether oxygens (including phenoxy) is 2. The van der Waals surface area contributed by atoms with Crippen LogP contribution in [0.15, 0.2) is 60.7 Å². The van der Waals surface area contributed by atoms with Gasteiger partial charge in [-0.2, -0.15) is 5.26 Å². The number of phenolic OH excluding ortho intramolecular Hbond substituents is 1. The monoisotopic (exact) mass is 499 g/mol. The molecule has 0 fully saturated rings. The van der Waals surface area contributed by atoms with Crippen molar-refractivity contribution >= 4 is 27.5 Å². The molecule has 6 heteroatoms. The van der Waals surface area contributed by atoms with Gasteiger partial charge < -0.3 is 24.5 Å². The molecule has 6 nitrogen and oxygen atoms in total. The zero-order valence-electron chi connectivity index (χ0n) is 22.0. The highest BCUT2D eigenvalue weighted by atomic mass is 16.5. The van der Waals surface area contributed by atoms with Crippen molar-refractivity contribution in [1.29, 1.82) is 5.26 Å². The molecule has 4 rings (SSSR count). The maximum absolute atomic E-state index is 10.5. The first kappa shape index (κ1) is 26.2. The van der Waals surface area contributed by atoms with Crippen molar-refractivity contribution in [2.24, 2.45) is 11.8 Å². The normalized spacial score (nSPS) is 12.1. The molecule has 3 aromatic carbocycles. The van der Waals surface area contributed by atoms with Gasteiger partial charge in [-0.25, -0.2) is 0 Å². The van der Waals surface area contributed by atoms with Crippen molar-refractivity contribution in [3.63, 3.8) is 0 Å². The molecule has 0 bridgehead atoms. The fraction of sp³-hybridized carbons (Fsp3) is 0.387. The van der Waals surface area contributed by atoms with E-state index in [1.807, 2.05) is 43.3 Å². The van der Waals surface area contributed by atoms with Crippen LogP contribution in [-0.4, -0.2) is 36.4 Å². The number of aromatic nitrogens is 1.